The van der Waals surface area contributed by atoms with Crippen LogP contribution in [-0.2, 0) is 6.54 Å². The molecule has 0 bridgehead atoms. The Balaban J connectivity index is 2.09. The maximum Gasteiger partial charge on any atom is 0.335 e. The third-order valence-corrected chi connectivity index (χ3v) is 3.62. The van der Waals surface area contributed by atoms with Crippen LogP contribution in [0.4, 0.5) is 0 Å². The molecule has 3 rings (SSSR count). The van der Waals surface area contributed by atoms with E-state index < -0.39 is 5.97 Å². The smallest absolute Gasteiger partial charge is 0.335 e. The van der Waals surface area contributed by atoms with Crippen LogP contribution in [0.5, 0.6) is 0 Å². The van der Waals surface area contributed by atoms with Gasteiger partial charge in [0.2, 0.25) is 0 Å². The maximum atomic E-state index is 10.9. The van der Waals surface area contributed by atoms with Crippen LogP contribution >= 0.6 is 11.3 Å². The van der Waals surface area contributed by atoms with Crippen LogP contribution < -0.4 is 0 Å². The standard InChI is InChI=1S/C13H11N3O2S/c1-8-15-11-4-9(13(17)18)2-3-12(11)16(8)5-10-6-19-7-14-10/h2-4,6-7H,5H2,1H3,(H,17,18). The summed E-state index contributed by atoms with van der Waals surface area (Å²) in [5.41, 5.74) is 4.66. The van der Waals surface area contributed by atoms with Crippen LogP contribution in [0.2, 0.25) is 0 Å². The van der Waals surface area contributed by atoms with Gasteiger partial charge >= 0.3 is 5.97 Å². The fraction of sp³-hybridized carbons (Fsp3) is 0.154. The Labute approximate surface area is 113 Å². The number of benzene rings is 1. The van der Waals surface area contributed by atoms with E-state index in [-0.39, 0.29) is 5.56 Å². The molecule has 2 aromatic heterocycles. The Hall–Kier alpha value is -2.21. The Bertz CT molecular complexity index is 747. The average molecular weight is 273 g/mol. The van der Waals surface area contributed by atoms with E-state index >= 15 is 0 Å². The highest BCUT2D eigenvalue weighted by Crippen LogP contribution is 2.19. The molecule has 19 heavy (non-hydrogen) atoms. The first kappa shape index (κ1) is 11.9. The van der Waals surface area contributed by atoms with Crippen LogP contribution in [0.15, 0.2) is 29.1 Å². The SMILES string of the molecule is Cc1nc2cc(C(=O)O)ccc2n1Cc1cscn1. The molecule has 96 valence electrons. The van der Waals surface area contributed by atoms with Gasteiger partial charge in [-0.05, 0) is 25.1 Å². The van der Waals surface area contributed by atoms with Gasteiger partial charge in [0.1, 0.15) is 5.82 Å². The van der Waals surface area contributed by atoms with E-state index in [1.807, 2.05) is 16.9 Å². The molecule has 0 aliphatic rings. The van der Waals surface area contributed by atoms with Gasteiger partial charge in [-0.3, -0.25) is 0 Å². The van der Waals surface area contributed by atoms with Gasteiger partial charge in [-0.25, -0.2) is 14.8 Å². The number of thiazole rings is 1. The number of fused-ring (bicyclic) bond motifs is 1. The van der Waals surface area contributed by atoms with Gasteiger partial charge in [0, 0.05) is 5.38 Å². The van der Waals surface area contributed by atoms with Crippen molar-refractivity contribution < 1.29 is 9.90 Å². The molecule has 3 aromatic rings. The molecule has 1 N–H and O–H groups in total. The maximum absolute atomic E-state index is 10.9. The molecule has 0 radical (unpaired) electrons. The highest BCUT2D eigenvalue weighted by molar-refractivity contribution is 7.07. The molecular weight excluding hydrogens is 262 g/mol. The van der Waals surface area contributed by atoms with Crippen molar-refractivity contribution in [3.05, 3.63) is 46.2 Å². The van der Waals surface area contributed by atoms with Crippen LogP contribution in [0.1, 0.15) is 21.9 Å². The summed E-state index contributed by atoms with van der Waals surface area (Å²) in [6.07, 6.45) is 0. The molecule has 0 saturated carbocycles. The third kappa shape index (κ3) is 2.10. The molecule has 2 heterocycles. The molecule has 0 aliphatic carbocycles. The zero-order valence-corrected chi connectivity index (χ0v) is 11.0. The van der Waals surface area contributed by atoms with Gasteiger partial charge in [-0.1, -0.05) is 0 Å². The quantitative estimate of drug-likeness (QED) is 0.796. The van der Waals surface area contributed by atoms with E-state index in [2.05, 4.69) is 9.97 Å². The summed E-state index contributed by atoms with van der Waals surface area (Å²) in [6.45, 7) is 2.56. The Morgan fingerprint density at radius 2 is 2.32 bits per heavy atom. The molecule has 1 aromatic carbocycles. The van der Waals surface area contributed by atoms with Crippen LogP contribution in [0, 0.1) is 6.92 Å². The normalized spacial score (nSPS) is 11.0. The molecular formula is C13H11N3O2S. The first-order chi connectivity index (χ1) is 9.15. The van der Waals surface area contributed by atoms with Crippen LogP contribution in [-0.4, -0.2) is 25.6 Å². The largest absolute Gasteiger partial charge is 0.478 e. The van der Waals surface area contributed by atoms with E-state index in [4.69, 9.17) is 5.11 Å². The molecule has 0 spiro atoms. The molecule has 0 atom stereocenters. The van der Waals surface area contributed by atoms with E-state index in [9.17, 15) is 4.79 Å². The number of aryl methyl sites for hydroxylation is 1. The van der Waals surface area contributed by atoms with Crippen molar-refractivity contribution in [2.24, 2.45) is 0 Å². The topological polar surface area (TPSA) is 68.0 Å². The van der Waals surface area contributed by atoms with Gasteiger partial charge < -0.3 is 9.67 Å². The monoisotopic (exact) mass is 273 g/mol. The number of imidazole rings is 1. The molecule has 0 unspecified atom stereocenters. The van der Waals surface area contributed by atoms with Crippen molar-refractivity contribution in [3.8, 4) is 0 Å². The van der Waals surface area contributed by atoms with Gasteiger partial charge in [-0.15, -0.1) is 11.3 Å². The lowest BCUT2D eigenvalue weighted by molar-refractivity contribution is 0.0697. The minimum atomic E-state index is -0.936. The van der Waals surface area contributed by atoms with Crippen molar-refractivity contribution in [1.29, 1.82) is 0 Å². The lowest BCUT2D eigenvalue weighted by Crippen LogP contribution is -2.02. The Morgan fingerprint density at radius 1 is 1.47 bits per heavy atom. The first-order valence-electron chi connectivity index (χ1n) is 5.72. The Kier molecular flexibility index (Phi) is 2.79. The van der Waals surface area contributed by atoms with Crippen LogP contribution in [0.25, 0.3) is 11.0 Å². The summed E-state index contributed by atoms with van der Waals surface area (Å²) < 4.78 is 2.04. The van der Waals surface area contributed by atoms with E-state index in [1.165, 1.54) is 0 Å². The summed E-state index contributed by atoms with van der Waals surface area (Å²) >= 11 is 1.56. The van der Waals surface area contributed by atoms with Crippen LogP contribution in [0.3, 0.4) is 0 Å². The predicted molar refractivity (Wildman–Crippen MR) is 72.6 cm³/mol. The second-order valence-electron chi connectivity index (χ2n) is 4.23. The number of nitrogens with zero attached hydrogens (tertiary/aromatic N) is 3. The van der Waals surface area contributed by atoms with E-state index in [0.29, 0.717) is 12.1 Å². The van der Waals surface area contributed by atoms with Crippen molar-refractivity contribution >= 4 is 28.3 Å². The minimum absolute atomic E-state index is 0.255. The lowest BCUT2D eigenvalue weighted by Gasteiger charge is -2.04. The van der Waals surface area contributed by atoms with E-state index in [0.717, 1.165) is 17.0 Å². The Morgan fingerprint density at radius 3 is 3.00 bits per heavy atom. The van der Waals surface area contributed by atoms with Gasteiger partial charge in [0.05, 0.1) is 34.3 Å². The van der Waals surface area contributed by atoms with E-state index in [1.54, 1.807) is 35.0 Å². The number of hydrogen-bond donors (Lipinski definition) is 1. The molecule has 0 amide bonds. The zero-order chi connectivity index (χ0) is 13.4. The van der Waals surface area contributed by atoms with Crippen molar-refractivity contribution in [2.45, 2.75) is 13.5 Å². The number of aromatic nitrogens is 3. The number of aromatic carboxylic acids is 1. The van der Waals surface area contributed by atoms with Crippen molar-refractivity contribution in [2.75, 3.05) is 0 Å². The van der Waals surface area contributed by atoms with Crippen molar-refractivity contribution in [1.82, 2.24) is 14.5 Å². The van der Waals surface area contributed by atoms with Crippen molar-refractivity contribution in [3.63, 3.8) is 0 Å². The summed E-state index contributed by atoms with van der Waals surface area (Å²) in [6, 6.07) is 5.00. The highest BCUT2D eigenvalue weighted by Gasteiger charge is 2.11. The number of carboxylic acids is 1. The fourth-order valence-electron chi connectivity index (χ4n) is 2.06. The highest BCUT2D eigenvalue weighted by atomic mass is 32.1. The second-order valence-corrected chi connectivity index (χ2v) is 4.95. The minimum Gasteiger partial charge on any atom is -0.478 e. The van der Waals surface area contributed by atoms with Gasteiger partial charge in [-0.2, -0.15) is 0 Å². The first-order valence-corrected chi connectivity index (χ1v) is 6.66. The number of rotatable bonds is 3. The summed E-state index contributed by atoms with van der Waals surface area (Å²) in [7, 11) is 0. The number of carboxylic acid groups (broad SMARTS) is 1. The average Bonchev–Trinajstić information content (AvgIpc) is 2.98. The molecule has 0 fully saturated rings. The predicted octanol–water partition coefficient (Wildman–Crippen LogP) is 2.55. The zero-order valence-electron chi connectivity index (χ0n) is 10.2. The number of hydrogen-bond acceptors (Lipinski definition) is 4. The summed E-state index contributed by atoms with van der Waals surface area (Å²) in [5, 5.41) is 11.0. The molecule has 0 saturated heterocycles. The lowest BCUT2D eigenvalue weighted by atomic mass is 10.2. The van der Waals surface area contributed by atoms with Gasteiger partial charge in [0.25, 0.3) is 0 Å². The molecule has 6 heteroatoms. The molecule has 5 nitrogen and oxygen atoms in total. The third-order valence-electron chi connectivity index (χ3n) is 2.99. The number of carbonyl (C=O) groups is 1. The molecule has 0 aliphatic heterocycles. The summed E-state index contributed by atoms with van der Waals surface area (Å²) in [4.78, 5) is 19.6. The fourth-order valence-corrected chi connectivity index (χ4v) is 2.61. The summed E-state index contributed by atoms with van der Waals surface area (Å²) in [5.74, 6) is -0.0841. The van der Waals surface area contributed by atoms with Gasteiger partial charge in [0.15, 0.2) is 0 Å². The second kappa shape index (κ2) is 4.47.